The van der Waals surface area contributed by atoms with Crippen LogP contribution in [0.1, 0.15) is 51.4 Å². The van der Waals surface area contributed by atoms with Crippen molar-refractivity contribution in [3.05, 3.63) is 28.5 Å². The first kappa shape index (κ1) is 14.9. The fourth-order valence-electron chi connectivity index (χ4n) is 2.67. The summed E-state index contributed by atoms with van der Waals surface area (Å²) in [5, 5.41) is -0.0843. The maximum atomic E-state index is 6.33. The molecule has 0 amide bonds. The van der Waals surface area contributed by atoms with E-state index in [9.17, 15) is 0 Å². The van der Waals surface area contributed by atoms with Gasteiger partial charge in [0.15, 0.2) is 0 Å². The molecule has 19 heavy (non-hydrogen) atoms. The number of imidazole rings is 1. The van der Waals surface area contributed by atoms with Crippen molar-refractivity contribution >= 4 is 38.6 Å². The van der Waals surface area contributed by atoms with Gasteiger partial charge >= 0.3 is 0 Å². The monoisotopic (exact) mass is 342 g/mol. The van der Waals surface area contributed by atoms with Gasteiger partial charge in [-0.1, -0.05) is 36.7 Å². The highest BCUT2D eigenvalue weighted by Crippen LogP contribution is 2.33. The van der Waals surface area contributed by atoms with Crippen LogP contribution in [0.3, 0.4) is 0 Å². The third-order valence-corrected chi connectivity index (χ3v) is 4.24. The van der Waals surface area contributed by atoms with Gasteiger partial charge in [0.25, 0.3) is 0 Å². The average Bonchev–Trinajstić information content (AvgIpc) is 2.69. The Bertz CT molecular complexity index is 575. The molecule has 0 N–H and O–H groups in total. The van der Waals surface area contributed by atoms with E-state index in [0.717, 1.165) is 27.8 Å². The predicted molar refractivity (Wildman–Crippen MR) is 85.9 cm³/mol. The first-order valence-electron chi connectivity index (χ1n) is 6.77. The number of fused-ring (bicyclic) bond motifs is 1. The lowest BCUT2D eigenvalue weighted by molar-refractivity contribution is 0.364. The number of rotatable bonds is 4. The smallest absolute Gasteiger partial charge is 0.127 e. The summed E-state index contributed by atoms with van der Waals surface area (Å²) in [7, 11) is 0. The minimum Gasteiger partial charge on any atom is -0.323 e. The molecule has 2 nitrogen and oxygen atoms in total. The molecule has 0 aliphatic carbocycles. The molecule has 0 saturated heterocycles. The quantitative estimate of drug-likeness (QED) is 0.650. The summed E-state index contributed by atoms with van der Waals surface area (Å²) in [5.41, 5.74) is 2.18. The number of hydrogen-bond donors (Lipinski definition) is 0. The fourth-order valence-corrected chi connectivity index (χ4v) is 3.17. The van der Waals surface area contributed by atoms with Crippen LogP contribution < -0.4 is 0 Å². The van der Waals surface area contributed by atoms with Gasteiger partial charge in [0, 0.05) is 10.5 Å². The van der Waals surface area contributed by atoms with Crippen LogP contribution in [0.15, 0.2) is 22.7 Å². The maximum Gasteiger partial charge on any atom is 0.127 e. The Balaban J connectivity index is 2.73. The first-order valence-corrected chi connectivity index (χ1v) is 8.00. The minimum atomic E-state index is -0.0843. The Hall–Kier alpha value is -0.540. The molecule has 4 heteroatoms. The molecule has 0 aliphatic heterocycles. The highest BCUT2D eigenvalue weighted by Gasteiger charge is 2.22. The molecule has 104 valence electrons. The molecule has 2 atom stereocenters. The van der Waals surface area contributed by atoms with E-state index >= 15 is 0 Å². The summed E-state index contributed by atoms with van der Waals surface area (Å²) < 4.78 is 3.40. The van der Waals surface area contributed by atoms with Crippen LogP contribution in [0.2, 0.25) is 0 Å². The molecule has 2 aromatic rings. The van der Waals surface area contributed by atoms with Crippen LogP contribution in [-0.4, -0.2) is 9.55 Å². The zero-order valence-electron chi connectivity index (χ0n) is 11.8. The van der Waals surface area contributed by atoms with Crippen LogP contribution in [0.5, 0.6) is 0 Å². The van der Waals surface area contributed by atoms with E-state index in [2.05, 4.69) is 47.3 Å². The number of alkyl halides is 1. The molecule has 0 fully saturated rings. The highest BCUT2D eigenvalue weighted by atomic mass is 79.9. The van der Waals surface area contributed by atoms with Crippen molar-refractivity contribution in [3.8, 4) is 0 Å². The van der Waals surface area contributed by atoms with E-state index in [1.54, 1.807) is 0 Å². The van der Waals surface area contributed by atoms with Crippen LogP contribution in [0.4, 0.5) is 0 Å². The number of halogens is 2. The van der Waals surface area contributed by atoms with E-state index in [1.165, 1.54) is 0 Å². The molecule has 2 unspecified atom stereocenters. The molecule has 0 aliphatic rings. The molecule has 1 aromatic carbocycles. The molecular weight excluding hydrogens is 324 g/mol. The third kappa shape index (κ3) is 2.82. The standard InChI is InChI=1S/C15H20BrClN2/c1-5-13(9(2)3)19-14-8-11(16)6-7-12(14)18-15(19)10(4)17/h6-10,13H,5H2,1-4H3. The normalized spacial score (nSPS) is 15.1. The van der Waals surface area contributed by atoms with Gasteiger partial charge < -0.3 is 4.57 Å². The van der Waals surface area contributed by atoms with Crippen molar-refractivity contribution in [1.29, 1.82) is 0 Å². The van der Waals surface area contributed by atoms with Gasteiger partial charge in [-0.15, -0.1) is 11.6 Å². The summed E-state index contributed by atoms with van der Waals surface area (Å²) in [6.07, 6.45) is 1.08. The summed E-state index contributed by atoms with van der Waals surface area (Å²) >= 11 is 9.88. The second-order valence-electron chi connectivity index (χ2n) is 5.31. The number of benzene rings is 1. The van der Waals surface area contributed by atoms with Crippen LogP contribution in [-0.2, 0) is 0 Å². The first-order chi connectivity index (χ1) is 8.95. The Morgan fingerprint density at radius 2 is 2.00 bits per heavy atom. The zero-order valence-corrected chi connectivity index (χ0v) is 14.2. The lowest BCUT2D eigenvalue weighted by Crippen LogP contribution is -2.17. The lowest BCUT2D eigenvalue weighted by Gasteiger charge is -2.24. The molecule has 0 spiro atoms. The minimum absolute atomic E-state index is 0.0843. The Labute approximate surface area is 128 Å². The van der Waals surface area contributed by atoms with E-state index in [0.29, 0.717) is 12.0 Å². The Morgan fingerprint density at radius 1 is 1.32 bits per heavy atom. The average molecular weight is 344 g/mol. The topological polar surface area (TPSA) is 17.8 Å². The molecule has 0 saturated carbocycles. The van der Waals surface area contributed by atoms with Gasteiger partial charge in [-0.25, -0.2) is 4.98 Å². The fraction of sp³-hybridized carbons (Fsp3) is 0.533. The molecule has 0 bridgehead atoms. The summed E-state index contributed by atoms with van der Waals surface area (Å²) in [4.78, 5) is 4.71. The van der Waals surface area contributed by atoms with Gasteiger partial charge in [-0.05, 0) is 37.5 Å². The van der Waals surface area contributed by atoms with Crippen molar-refractivity contribution < 1.29 is 0 Å². The van der Waals surface area contributed by atoms with Gasteiger partial charge in [-0.2, -0.15) is 0 Å². The number of nitrogens with zero attached hydrogens (tertiary/aromatic N) is 2. The lowest BCUT2D eigenvalue weighted by atomic mass is 10.0. The summed E-state index contributed by atoms with van der Waals surface area (Å²) in [6, 6.07) is 6.64. The van der Waals surface area contributed by atoms with E-state index in [1.807, 2.05) is 19.1 Å². The molecule has 2 rings (SSSR count). The SMILES string of the molecule is CCC(C(C)C)n1c(C(C)Cl)nc2ccc(Br)cc21. The van der Waals surface area contributed by atoms with E-state index in [-0.39, 0.29) is 5.38 Å². The highest BCUT2D eigenvalue weighted by molar-refractivity contribution is 9.10. The second kappa shape index (κ2) is 5.84. The maximum absolute atomic E-state index is 6.33. The summed E-state index contributed by atoms with van der Waals surface area (Å²) in [5.74, 6) is 1.52. The molecule has 1 heterocycles. The van der Waals surface area contributed by atoms with Crippen molar-refractivity contribution in [1.82, 2.24) is 9.55 Å². The number of aromatic nitrogens is 2. The Kier molecular flexibility index (Phi) is 4.57. The zero-order chi connectivity index (χ0) is 14.2. The predicted octanol–water partition coefficient (Wildman–Crippen LogP) is 5.71. The van der Waals surface area contributed by atoms with Crippen molar-refractivity contribution in [3.63, 3.8) is 0 Å². The summed E-state index contributed by atoms with van der Waals surface area (Å²) in [6.45, 7) is 8.71. The van der Waals surface area contributed by atoms with Crippen molar-refractivity contribution in [2.45, 2.75) is 45.5 Å². The Morgan fingerprint density at radius 3 is 2.53 bits per heavy atom. The largest absolute Gasteiger partial charge is 0.323 e. The third-order valence-electron chi connectivity index (χ3n) is 3.55. The van der Waals surface area contributed by atoms with Crippen molar-refractivity contribution in [2.75, 3.05) is 0 Å². The number of hydrogen-bond acceptors (Lipinski definition) is 1. The van der Waals surface area contributed by atoms with E-state index in [4.69, 9.17) is 16.6 Å². The van der Waals surface area contributed by atoms with E-state index < -0.39 is 0 Å². The van der Waals surface area contributed by atoms with Gasteiger partial charge in [0.2, 0.25) is 0 Å². The van der Waals surface area contributed by atoms with Gasteiger partial charge in [-0.3, -0.25) is 0 Å². The van der Waals surface area contributed by atoms with Gasteiger partial charge in [0.05, 0.1) is 16.4 Å². The van der Waals surface area contributed by atoms with Crippen LogP contribution in [0.25, 0.3) is 11.0 Å². The van der Waals surface area contributed by atoms with Gasteiger partial charge in [0.1, 0.15) is 5.82 Å². The molecule has 1 aromatic heterocycles. The second-order valence-corrected chi connectivity index (χ2v) is 6.88. The molecule has 0 radical (unpaired) electrons. The van der Waals surface area contributed by atoms with Crippen LogP contribution >= 0.6 is 27.5 Å². The van der Waals surface area contributed by atoms with Crippen molar-refractivity contribution in [2.24, 2.45) is 5.92 Å². The van der Waals surface area contributed by atoms with Crippen LogP contribution in [0, 0.1) is 5.92 Å². The molecular formula is C15H20BrClN2.